The number of nitrogens with zero attached hydrogens (tertiary/aromatic N) is 1. The first-order valence-corrected chi connectivity index (χ1v) is 9.12. The van der Waals surface area contributed by atoms with E-state index in [0.29, 0.717) is 16.7 Å². The fraction of sp³-hybridized carbons (Fsp3) is 0.217. The van der Waals surface area contributed by atoms with Crippen LogP contribution in [-0.2, 0) is 16.1 Å². The molecule has 0 bridgehead atoms. The van der Waals surface area contributed by atoms with Gasteiger partial charge in [0.25, 0.3) is 0 Å². The summed E-state index contributed by atoms with van der Waals surface area (Å²) in [5.41, 5.74) is 3.26. The number of ketones is 1. The molecule has 0 fully saturated rings. The van der Waals surface area contributed by atoms with Crippen LogP contribution in [0.1, 0.15) is 45.8 Å². The van der Waals surface area contributed by atoms with Crippen molar-refractivity contribution in [2.75, 3.05) is 0 Å². The van der Waals surface area contributed by atoms with E-state index in [9.17, 15) is 14.7 Å². The molecule has 1 atom stereocenters. The molecule has 1 unspecified atom stereocenters. The third-order valence-corrected chi connectivity index (χ3v) is 4.85. The SMILES string of the molecule is Cc1cc(C(=O)c2ccccc2)c(C)n1C(C)C(=O)OCc1ccccc1O. The summed E-state index contributed by atoms with van der Waals surface area (Å²) in [4.78, 5) is 25.4. The molecule has 0 aliphatic carbocycles. The van der Waals surface area contributed by atoms with Gasteiger partial charge in [-0.05, 0) is 32.9 Å². The number of para-hydroxylation sites is 1. The van der Waals surface area contributed by atoms with Crippen LogP contribution >= 0.6 is 0 Å². The lowest BCUT2D eigenvalue weighted by molar-refractivity contribution is -0.148. The van der Waals surface area contributed by atoms with Gasteiger partial charge >= 0.3 is 5.97 Å². The summed E-state index contributed by atoms with van der Waals surface area (Å²) in [5, 5.41) is 9.81. The zero-order valence-corrected chi connectivity index (χ0v) is 16.2. The third-order valence-electron chi connectivity index (χ3n) is 4.85. The number of carbonyl (C=O) groups is 2. The summed E-state index contributed by atoms with van der Waals surface area (Å²) in [7, 11) is 0. The van der Waals surface area contributed by atoms with Gasteiger partial charge in [-0.25, -0.2) is 4.79 Å². The largest absolute Gasteiger partial charge is 0.508 e. The smallest absolute Gasteiger partial charge is 0.329 e. The van der Waals surface area contributed by atoms with Crippen molar-refractivity contribution in [3.05, 3.63) is 88.7 Å². The van der Waals surface area contributed by atoms with Crippen LogP contribution < -0.4 is 0 Å². The number of benzene rings is 2. The average Bonchev–Trinajstić information content (AvgIpc) is 3.00. The van der Waals surface area contributed by atoms with Gasteiger partial charge in [0.15, 0.2) is 5.78 Å². The summed E-state index contributed by atoms with van der Waals surface area (Å²) in [6, 6.07) is 17.0. The predicted octanol–water partition coefficient (Wildman–Crippen LogP) is 4.35. The molecule has 28 heavy (non-hydrogen) atoms. The Morgan fingerprint density at radius 1 is 1.04 bits per heavy atom. The van der Waals surface area contributed by atoms with E-state index >= 15 is 0 Å². The summed E-state index contributed by atoms with van der Waals surface area (Å²) in [6.45, 7) is 5.42. The van der Waals surface area contributed by atoms with Crippen LogP contribution in [0.5, 0.6) is 5.75 Å². The molecule has 0 radical (unpaired) electrons. The molecule has 2 aromatic carbocycles. The van der Waals surface area contributed by atoms with Crippen molar-refractivity contribution in [3.8, 4) is 5.75 Å². The van der Waals surface area contributed by atoms with Crippen LogP contribution in [0.3, 0.4) is 0 Å². The van der Waals surface area contributed by atoms with E-state index in [2.05, 4.69) is 0 Å². The first-order valence-electron chi connectivity index (χ1n) is 9.12. The number of phenols is 1. The number of phenolic OH excluding ortho intramolecular Hbond substituents is 1. The molecule has 0 saturated heterocycles. The summed E-state index contributed by atoms with van der Waals surface area (Å²) >= 11 is 0. The number of ether oxygens (including phenoxy) is 1. The molecule has 3 aromatic rings. The summed E-state index contributed by atoms with van der Waals surface area (Å²) in [6.07, 6.45) is 0. The van der Waals surface area contributed by atoms with Crippen molar-refractivity contribution in [1.29, 1.82) is 0 Å². The maximum Gasteiger partial charge on any atom is 0.329 e. The Morgan fingerprint density at radius 3 is 2.36 bits per heavy atom. The Bertz CT molecular complexity index is 1000. The molecular formula is C23H23NO4. The highest BCUT2D eigenvalue weighted by Gasteiger charge is 2.24. The molecule has 5 nitrogen and oxygen atoms in total. The second-order valence-corrected chi connectivity index (χ2v) is 6.76. The number of aromatic nitrogens is 1. The predicted molar refractivity (Wildman–Crippen MR) is 106 cm³/mol. The molecular weight excluding hydrogens is 354 g/mol. The molecule has 0 saturated carbocycles. The Kier molecular flexibility index (Phi) is 5.64. The second-order valence-electron chi connectivity index (χ2n) is 6.76. The standard InChI is InChI=1S/C23H23NO4/c1-15-13-20(22(26)18-9-5-4-6-10-18)16(2)24(15)17(3)23(27)28-14-19-11-7-8-12-21(19)25/h4-13,17,25H,14H2,1-3H3. The van der Waals surface area contributed by atoms with Gasteiger partial charge < -0.3 is 14.4 Å². The lowest BCUT2D eigenvalue weighted by atomic mass is 10.0. The van der Waals surface area contributed by atoms with Crippen LogP contribution in [0.15, 0.2) is 60.7 Å². The van der Waals surface area contributed by atoms with Crippen molar-refractivity contribution >= 4 is 11.8 Å². The maximum atomic E-state index is 12.8. The van der Waals surface area contributed by atoms with Gasteiger partial charge in [0.05, 0.1) is 0 Å². The van der Waals surface area contributed by atoms with E-state index in [-0.39, 0.29) is 18.1 Å². The molecule has 0 amide bonds. The van der Waals surface area contributed by atoms with Crippen LogP contribution in [0.2, 0.25) is 0 Å². The first-order chi connectivity index (χ1) is 13.4. The number of rotatable bonds is 6. The molecule has 0 aliphatic rings. The van der Waals surface area contributed by atoms with Gasteiger partial charge in [-0.2, -0.15) is 0 Å². The Hall–Kier alpha value is -3.34. The first kappa shape index (κ1) is 19.4. The quantitative estimate of drug-likeness (QED) is 0.512. The van der Waals surface area contributed by atoms with Gasteiger partial charge in [-0.15, -0.1) is 0 Å². The van der Waals surface area contributed by atoms with Crippen molar-refractivity contribution in [1.82, 2.24) is 4.57 Å². The van der Waals surface area contributed by atoms with E-state index in [1.54, 1.807) is 49.4 Å². The van der Waals surface area contributed by atoms with E-state index < -0.39 is 12.0 Å². The van der Waals surface area contributed by atoms with Gasteiger partial charge in [-0.1, -0.05) is 48.5 Å². The highest BCUT2D eigenvalue weighted by atomic mass is 16.5. The maximum absolute atomic E-state index is 12.8. The minimum Gasteiger partial charge on any atom is -0.508 e. The molecule has 5 heteroatoms. The number of hydrogen-bond acceptors (Lipinski definition) is 4. The number of aryl methyl sites for hydroxylation is 1. The van der Waals surface area contributed by atoms with Crippen molar-refractivity contribution in [3.63, 3.8) is 0 Å². The minimum absolute atomic E-state index is 0.00892. The minimum atomic E-state index is -0.594. The fourth-order valence-electron chi connectivity index (χ4n) is 3.36. The van der Waals surface area contributed by atoms with Crippen LogP contribution in [0, 0.1) is 13.8 Å². The lowest BCUT2D eigenvalue weighted by Crippen LogP contribution is -2.21. The van der Waals surface area contributed by atoms with Crippen LogP contribution in [0.4, 0.5) is 0 Å². The zero-order chi connectivity index (χ0) is 20.3. The summed E-state index contributed by atoms with van der Waals surface area (Å²) in [5.74, 6) is -0.412. The molecule has 1 heterocycles. The second kappa shape index (κ2) is 8.13. The normalized spacial score (nSPS) is 11.8. The molecule has 0 aliphatic heterocycles. The Balaban J connectivity index is 1.79. The summed E-state index contributed by atoms with van der Waals surface area (Å²) < 4.78 is 7.19. The van der Waals surface area contributed by atoms with E-state index in [4.69, 9.17) is 4.74 Å². The fourth-order valence-corrected chi connectivity index (χ4v) is 3.36. The highest BCUT2D eigenvalue weighted by molar-refractivity contribution is 6.10. The number of carbonyl (C=O) groups excluding carboxylic acids is 2. The van der Waals surface area contributed by atoms with Crippen LogP contribution in [-0.4, -0.2) is 21.4 Å². The number of aromatic hydroxyl groups is 1. The topological polar surface area (TPSA) is 68.5 Å². The van der Waals surface area contributed by atoms with E-state index in [0.717, 1.165) is 11.4 Å². The third kappa shape index (κ3) is 3.83. The van der Waals surface area contributed by atoms with Gasteiger partial charge in [0.2, 0.25) is 0 Å². The lowest BCUT2D eigenvalue weighted by Gasteiger charge is -2.18. The van der Waals surface area contributed by atoms with Crippen molar-refractivity contribution in [2.24, 2.45) is 0 Å². The Morgan fingerprint density at radius 2 is 1.68 bits per heavy atom. The monoisotopic (exact) mass is 377 g/mol. The molecule has 1 aromatic heterocycles. The van der Waals surface area contributed by atoms with Gasteiger partial charge in [0.1, 0.15) is 18.4 Å². The Labute approximate surface area is 164 Å². The van der Waals surface area contributed by atoms with Gasteiger partial charge in [-0.3, -0.25) is 4.79 Å². The number of hydrogen-bond donors (Lipinski definition) is 1. The average molecular weight is 377 g/mol. The molecule has 0 spiro atoms. The number of esters is 1. The van der Waals surface area contributed by atoms with Crippen LogP contribution in [0.25, 0.3) is 0 Å². The molecule has 144 valence electrons. The van der Waals surface area contributed by atoms with E-state index in [1.807, 2.05) is 36.6 Å². The van der Waals surface area contributed by atoms with Crippen molar-refractivity contribution in [2.45, 2.75) is 33.4 Å². The molecule has 3 rings (SSSR count). The van der Waals surface area contributed by atoms with Crippen molar-refractivity contribution < 1.29 is 19.4 Å². The molecule has 1 N–H and O–H groups in total. The van der Waals surface area contributed by atoms with E-state index in [1.165, 1.54) is 0 Å². The zero-order valence-electron chi connectivity index (χ0n) is 16.2. The van der Waals surface area contributed by atoms with Gasteiger partial charge in [0, 0.05) is 28.1 Å². The highest BCUT2D eigenvalue weighted by Crippen LogP contribution is 2.24.